The van der Waals surface area contributed by atoms with E-state index < -0.39 is 6.04 Å². The number of amides is 1. The normalized spacial score (nSPS) is 11.4. The monoisotopic (exact) mass is 257 g/mol. The molecular weight excluding hydrogens is 238 g/mol. The van der Waals surface area contributed by atoms with Gasteiger partial charge < -0.3 is 10.6 Å². The molecule has 0 saturated carbocycles. The number of nitriles is 1. The average molecular weight is 257 g/mol. The second-order valence-corrected chi connectivity index (χ2v) is 4.25. The Bertz CT molecular complexity index is 490. The van der Waals surface area contributed by atoms with Crippen LogP contribution in [0.25, 0.3) is 0 Å². The summed E-state index contributed by atoms with van der Waals surface area (Å²) < 4.78 is 0. The van der Waals surface area contributed by atoms with Crippen molar-refractivity contribution in [2.75, 3.05) is 6.54 Å². The lowest BCUT2D eigenvalue weighted by Crippen LogP contribution is -2.43. The molecule has 0 aliphatic rings. The van der Waals surface area contributed by atoms with Crippen LogP contribution in [0, 0.1) is 11.3 Å². The molecular formula is C15H19N3O. The summed E-state index contributed by atoms with van der Waals surface area (Å²) in [7, 11) is 0. The summed E-state index contributed by atoms with van der Waals surface area (Å²) >= 11 is 0. The van der Waals surface area contributed by atoms with E-state index in [0.717, 1.165) is 5.56 Å². The molecule has 0 aliphatic carbocycles. The molecule has 0 radical (unpaired) electrons. The third kappa shape index (κ3) is 3.94. The number of carbonyl (C=O) groups is 1. The lowest BCUT2D eigenvalue weighted by molar-refractivity contribution is -0.132. The van der Waals surface area contributed by atoms with Crippen LogP contribution >= 0.6 is 0 Å². The Hall–Kier alpha value is -2.12. The number of likely N-dealkylation sites (N-methyl/N-ethyl adjacent to an activating group) is 1. The average Bonchev–Trinajstić information content (AvgIpc) is 2.44. The Morgan fingerprint density at radius 2 is 2.26 bits per heavy atom. The molecule has 1 aromatic carbocycles. The molecule has 0 spiro atoms. The molecule has 4 heteroatoms. The van der Waals surface area contributed by atoms with Crippen LogP contribution in [0.5, 0.6) is 0 Å². The molecule has 0 bridgehead atoms. The number of carbonyl (C=O) groups excluding carboxylic acids is 1. The standard InChI is InChI=1S/C15H19N3O/c1-3-7-14(17)15(19)18(4-2)11-13-9-6-5-8-12(13)10-16/h3,5-6,8-9,14H,1,4,7,11,17H2,2H3. The van der Waals surface area contributed by atoms with Crippen LogP contribution in [-0.4, -0.2) is 23.4 Å². The van der Waals surface area contributed by atoms with Gasteiger partial charge in [0.25, 0.3) is 0 Å². The molecule has 1 amide bonds. The maximum Gasteiger partial charge on any atom is 0.240 e. The second-order valence-electron chi connectivity index (χ2n) is 4.25. The van der Waals surface area contributed by atoms with Gasteiger partial charge in [-0.2, -0.15) is 5.26 Å². The predicted octanol–water partition coefficient (Wildman–Crippen LogP) is 1.81. The van der Waals surface area contributed by atoms with Gasteiger partial charge in [0.15, 0.2) is 0 Å². The van der Waals surface area contributed by atoms with Crippen molar-refractivity contribution < 1.29 is 4.79 Å². The molecule has 0 aliphatic heterocycles. The fraction of sp³-hybridized carbons (Fsp3) is 0.333. The van der Waals surface area contributed by atoms with Gasteiger partial charge in [-0.15, -0.1) is 6.58 Å². The van der Waals surface area contributed by atoms with E-state index in [1.54, 1.807) is 17.0 Å². The molecule has 0 fully saturated rings. The quantitative estimate of drug-likeness (QED) is 0.790. The van der Waals surface area contributed by atoms with Crippen LogP contribution in [0.1, 0.15) is 24.5 Å². The molecule has 1 unspecified atom stereocenters. The molecule has 4 nitrogen and oxygen atoms in total. The van der Waals surface area contributed by atoms with Gasteiger partial charge in [-0.05, 0) is 25.0 Å². The first kappa shape index (κ1) is 14.9. The summed E-state index contributed by atoms with van der Waals surface area (Å²) in [5, 5.41) is 9.04. The predicted molar refractivity (Wildman–Crippen MR) is 75.0 cm³/mol. The highest BCUT2D eigenvalue weighted by Crippen LogP contribution is 2.11. The highest BCUT2D eigenvalue weighted by molar-refractivity contribution is 5.81. The fourth-order valence-electron chi connectivity index (χ4n) is 1.83. The highest BCUT2D eigenvalue weighted by Gasteiger charge is 2.19. The topological polar surface area (TPSA) is 70.1 Å². The van der Waals surface area contributed by atoms with Crippen molar-refractivity contribution in [2.45, 2.75) is 25.9 Å². The molecule has 1 aromatic rings. The number of rotatable bonds is 6. The third-order valence-corrected chi connectivity index (χ3v) is 2.93. The first-order chi connectivity index (χ1) is 9.13. The zero-order chi connectivity index (χ0) is 14.3. The van der Waals surface area contributed by atoms with Crippen LogP contribution in [0.15, 0.2) is 36.9 Å². The first-order valence-electron chi connectivity index (χ1n) is 6.27. The zero-order valence-corrected chi connectivity index (χ0v) is 11.2. The Kier molecular flexibility index (Phi) is 5.77. The van der Waals surface area contributed by atoms with E-state index in [2.05, 4.69) is 12.6 Å². The smallest absolute Gasteiger partial charge is 0.240 e. The van der Waals surface area contributed by atoms with Crippen LogP contribution in [0.3, 0.4) is 0 Å². The Morgan fingerprint density at radius 1 is 1.58 bits per heavy atom. The molecule has 19 heavy (non-hydrogen) atoms. The zero-order valence-electron chi connectivity index (χ0n) is 11.2. The Morgan fingerprint density at radius 3 is 2.84 bits per heavy atom. The first-order valence-corrected chi connectivity index (χ1v) is 6.27. The van der Waals surface area contributed by atoms with Crippen molar-refractivity contribution in [1.29, 1.82) is 5.26 Å². The summed E-state index contributed by atoms with van der Waals surface area (Å²) in [4.78, 5) is 13.8. The number of benzene rings is 1. The summed E-state index contributed by atoms with van der Waals surface area (Å²) in [5.41, 5.74) is 7.23. The van der Waals surface area contributed by atoms with E-state index in [-0.39, 0.29) is 5.91 Å². The van der Waals surface area contributed by atoms with Crippen molar-refractivity contribution in [3.05, 3.63) is 48.0 Å². The lowest BCUT2D eigenvalue weighted by atomic mass is 10.1. The number of nitrogens with two attached hydrogens (primary N) is 1. The second kappa shape index (κ2) is 7.34. The third-order valence-electron chi connectivity index (χ3n) is 2.93. The molecule has 0 saturated heterocycles. The van der Waals surface area contributed by atoms with Crippen molar-refractivity contribution in [3.8, 4) is 6.07 Å². The van der Waals surface area contributed by atoms with Gasteiger partial charge in [0.2, 0.25) is 5.91 Å². The van der Waals surface area contributed by atoms with Gasteiger partial charge in [-0.1, -0.05) is 24.3 Å². The van der Waals surface area contributed by atoms with Crippen LogP contribution in [0.4, 0.5) is 0 Å². The minimum atomic E-state index is -0.563. The largest absolute Gasteiger partial charge is 0.337 e. The lowest BCUT2D eigenvalue weighted by Gasteiger charge is -2.24. The van der Waals surface area contributed by atoms with Crippen LogP contribution < -0.4 is 5.73 Å². The Labute approximate surface area is 114 Å². The van der Waals surface area contributed by atoms with E-state index in [9.17, 15) is 4.79 Å². The minimum absolute atomic E-state index is 0.116. The number of hydrogen-bond acceptors (Lipinski definition) is 3. The summed E-state index contributed by atoms with van der Waals surface area (Å²) in [6, 6.07) is 8.84. The van der Waals surface area contributed by atoms with E-state index in [1.165, 1.54) is 0 Å². The van der Waals surface area contributed by atoms with Gasteiger partial charge >= 0.3 is 0 Å². The highest BCUT2D eigenvalue weighted by atomic mass is 16.2. The van der Waals surface area contributed by atoms with Gasteiger partial charge in [0.1, 0.15) is 0 Å². The van der Waals surface area contributed by atoms with Crippen LogP contribution in [0.2, 0.25) is 0 Å². The molecule has 1 atom stereocenters. The van der Waals surface area contributed by atoms with E-state index in [4.69, 9.17) is 11.0 Å². The van der Waals surface area contributed by atoms with E-state index in [0.29, 0.717) is 25.1 Å². The maximum absolute atomic E-state index is 12.1. The van der Waals surface area contributed by atoms with Crippen molar-refractivity contribution in [2.24, 2.45) is 5.73 Å². The van der Waals surface area contributed by atoms with Gasteiger partial charge in [0, 0.05) is 13.1 Å². The van der Waals surface area contributed by atoms with E-state index in [1.807, 2.05) is 25.1 Å². The van der Waals surface area contributed by atoms with E-state index >= 15 is 0 Å². The van der Waals surface area contributed by atoms with Gasteiger partial charge in [-0.25, -0.2) is 0 Å². The van der Waals surface area contributed by atoms with Gasteiger partial charge in [0.05, 0.1) is 17.7 Å². The van der Waals surface area contributed by atoms with Crippen LogP contribution in [-0.2, 0) is 11.3 Å². The molecule has 0 heterocycles. The maximum atomic E-state index is 12.1. The van der Waals surface area contributed by atoms with Crippen molar-refractivity contribution in [3.63, 3.8) is 0 Å². The minimum Gasteiger partial charge on any atom is -0.337 e. The summed E-state index contributed by atoms with van der Waals surface area (Å²) in [5.74, 6) is -0.116. The van der Waals surface area contributed by atoms with Crippen molar-refractivity contribution >= 4 is 5.91 Å². The van der Waals surface area contributed by atoms with Crippen molar-refractivity contribution in [1.82, 2.24) is 4.90 Å². The molecule has 100 valence electrons. The fourth-order valence-corrected chi connectivity index (χ4v) is 1.83. The number of hydrogen-bond donors (Lipinski definition) is 1. The summed E-state index contributed by atoms with van der Waals surface area (Å²) in [6.07, 6.45) is 2.09. The van der Waals surface area contributed by atoms with Gasteiger partial charge in [-0.3, -0.25) is 4.79 Å². The number of nitrogens with zero attached hydrogens (tertiary/aromatic N) is 2. The molecule has 2 N–H and O–H groups in total. The SMILES string of the molecule is C=CCC(N)C(=O)N(CC)Cc1ccccc1C#N. The Balaban J connectivity index is 2.85. The molecule has 0 aromatic heterocycles. The molecule has 1 rings (SSSR count). The summed E-state index contributed by atoms with van der Waals surface area (Å²) in [6.45, 7) is 6.45.